The molecule has 5 heteroatoms. The number of ether oxygens (including phenoxy) is 2. The van der Waals surface area contributed by atoms with Crippen LogP contribution in [0, 0.1) is 0 Å². The Balaban J connectivity index is 1.34. The fourth-order valence-corrected chi connectivity index (χ4v) is 2.97. The minimum Gasteiger partial charge on any atom is -0.486 e. The van der Waals surface area contributed by atoms with E-state index in [2.05, 4.69) is 34.8 Å². The van der Waals surface area contributed by atoms with Gasteiger partial charge in [0.2, 0.25) is 0 Å². The Bertz CT molecular complexity index is 830. The first-order valence-electron chi connectivity index (χ1n) is 8.52. The Hall–Kier alpha value is -2.79. The molecule has 5 nitrogen and oxygen atoms in total. The summed E-state index contributed by atoms with van der Waals surface area (Å²) in [4.78, 5) is 0. The number of rotatable bonds is 6. The summed E-state index contributed by atoms with van der Waals surface area (Å²) in [5.41, 5.74) is 3.53. The Kier molecular flexibility index (Phi) is 4.65. The van der Waals surface area contributed by atoms with Gasteiger partial charge in [-0.2, -0.15) is 5.10 Å². The Morgan fingerprint density at radius 2 is 1.80 bits per heavy atom. The Labute approximate surface area is 147 Å². The predicted octanol–water partition coefficient (Wildman–Crippen LogP) is 2.99. The van der Waals surface area contributed by atoms with Gasteiger partial charge in [-0.05, 0) is 11.6 Å². The molecular formula is C20H21N3O2. The summed E-state index contributed by atoms with van der Waals surface area (Å²) in [6.07, 6.45) is 4.00. The number of para-hydroxylation sites is 1. The highest BCUT2D eigenvalue weighted by atomic mass is 16.6. The summed E-state index contributed by atoms with van der Waals surface area (Å²) >= 11 is 0. The summed E-state index contributed by atoms with van der Waals surface area (Å²) < 4.78 is 13.3. The maximum atomic E-state index is 5.75. The van der Waals surface area contributed by atoms with Gasteiger partial charge in [-0.3, -0.25) is 4.68 Å². The highest BCUT2D eigenvalue weighted by molar-refractivity contribution is 5.47. The standard InChI is InChI=1S/C20H21N3O2/c1-2-5-16(6-3-1)14-23-15-17(12-22-23)11-21-13-18-7-4-8-19-20(18)25-10-9-24-19/h1-8,12,15,21H,9-11,13-14H2. The number of fused-ring (bicyclic) bond motifs is 1. The molecule has 1 N–H and O–H groups in total. The van der Waals surface area contributed by atoms with Crippen LogP contribution in [0.3, 0.4) is 0 Å². The van der Waals surface area contributed by atoms with E-state index < -0.39 is 0 Å². The molecule has 0 spiro atoms. The second kappa shape index (κ2) is 7.40. The van der Waals surface area contributed by atoms with E-state index >= 15 is 0 Å². The van der Waals surface area contributed by atoms with Crippen molar-refractivity contribution < 1.29 is 9.47 Å². The molecule has 2 heterocycles. The van der Waals surface area contributed by atoms with Crippen LogP contribution in [0.5, 0.6) is 11.5 Å². The summed E-state index contributed by atoms with van der Waals surface area (Å²) in [5, 5.41) is 7.90. The highest BCUT2D eigenvalue weighted by Crippen LogP contribution is 2.33. The molecule has 128 valence electrons. The van der Waals surface area contributed by atoms with Crippen LogP contribution in [0.4, 0.5) is 0 Å². The van der Waals surface area contributed by atoms with Crippen LogP contribution in [0.15, 0.2) is 60.9 Å². The quantitative estimate of drug-likeness (QED) is 0.752. The molecule has 1 aliphatic heterocycles. The normalized spacial score (nSPS) is 13.0. The van der Waals surface area contributed by atoms with Gasteiger partial charge in [-0.1, -0.05) is 42.5 Å². The van der Waals surface area contributed by atoms with Gasteiger partial charge >= 0.3 is 0 Å². The molecule has 0 saturated carbocycles. The molecule has 0 bridgehead atoms. The molecule has 0 amide bonds. The predicted molar refractivity (Wildman–Crippen MR) is 95.7 cm³/mol. The minimum absolute atomic E-state index is 0.607. The van der Waals surface area contributed by atoms with Crippen molar-refractivity contribution in [3.05, 3.63) is 77.6 Å². The monoisotopic (exact) mass is 335 g/mol. The van der Waals surface area contributed by atoms with Crippen LogP contribution in [0.25, 0.3) is 0 Å². The van der Waals surface area contributed by atoms with Crippen molar-refractivity contribution in [1.82, 2.24) is 15.1 Å². The molecule has 0 fully saturated rings. The van der Waals surface area contributed by atoms with Crippen molar-refractivity contribution in [1.29, 1.82) is 0 Å². The number of aromatic nitrogens is 2. The lowest BCUT2D eigenvalue weighted by Gasteiger charge is -2.21. The summed E-state index contributed by atoms with van der Waals surface area (Å²) in [6, 6.07) is 16.4. The summed E-state index contributed by atoms with van der Waals surface area (Å²) in [7, 11) is 0. The molecular weight excluding hydrogens is 314 g/mol. The van der Waals surface area contributed by atoms with E-state index in [1.807, 2.05) is 41.2 Å². The lowest BCUT2D eigenvalue weighted by atomic mass is 10.1. The number of hydrogen-bond donors (Lipinski definition) is 1. The molecule has 3 aromatic rings. The Morgan fingerprint density at radius 3 is 2.72 bits per heavy atom. The zero-order valence-corrected chi connectivity index (χ0v) is 14.0. The fraction of sp³-hybridized carbons (Fsp3) is 0.250. The van der Waals surface area contributed by atoms with Crippen LogP contribution in [0.1, 0.15) is 16.7 Å². The minimum atomic E-state index is 0.607. The maximum Gasteiger partial charge on any atom is 0.165 e. The van der Waals surface area contributed by atoms with Crippen LogP contribution >= 0.6 is 0 Å². The van der Waals surface area contributed by atoms with Gasteiger partial charge in [0.1, 0.15) is 13.2 Å². The molecule has 0 saturated heterocycles. The van der Waals surface area contributed by atoms with E-state index in [1.54, 1.807) is 0 Å². The van der Waals surface area contributed by atoms with Gasteiger partial charge in [0.25, 0.3) is 0 Å². The summed E-state index contributed by atoms with van der Waals surface area (Å²) in [5.74, 6) is 1.70. The van der Waals surface area contributed by atoms with E-state index in [0.29, 0.717) is 13.2 Å². The molecule has 4 rings (SSSR count). The first-order chi connectivity index (χ1) is 12.4. The van der Waals surface area contributed by atoms with Gasteiger partial charge in [0, 0.05) is 30.4 Å². The third-order valence-corrected chi connectivity index (χ3v) is 4.17. The first kappa shape index (κ1) is 15.7. The average Bonchev–Trinajstić information content (AvgIpc) is 3.10. The van der Waals surface area contributed by atoms with E-state index in [-0.39, 0.29) is 0 Å². The SMILES string of the molecule is c1ccc(Cn2cc(CNCc3cccc4c3OCCO4)cn2)cc1. The smallest absolute Gasteiger partial charge is 0.165 e. The van der Waals surface area contributed by atoms with Gasteiger partial charge in [0.05, 0.1) is 12.7 Å². The lowest BCUT2D eigenvalue weighted by Crippen LogP contribution is -2.19. The van der Waals surface area contributed by atoms with Crippen LogP contribution < -0.4 is 14.8 Å². The summed E-state index contributed by atoms with van der Waals surface area (Å²) in [6.45, 7) is 3.51. The van der Waals surface area contributed by atoms with Crippen LogP contribution in [-0.2, 0) is 19.6 Å². The van der Waals surface area contributed by atoms with Crippen molar-refractivity contribution in [3.63, 3.8) is 0 Å². The van der Waals surface area contributed by atoms with E-state index in [9.17, 15) is 0 Å². The molecule has 25 heavy (non-hydrogen) atoms. The van der Waals surface area contributed by atoms with Crippen LogP contribution in [-0.4, -0.2) is 23.0 Å². The average molecular weight is 335 g/mol. The number of nitrogens with zero attached hydrogens (tertiary/aromatic N) is 2. The van der Waals surface area contributed by atoms with Gasteiger partial charge < -0.3 is 14.8 Å². The number of benzene rings is 2. The molecule has 0 atom stereocenters. The first-order valence-corrected chi connectivity index (χ1v) is 8.52. The van der Waals surface area contributed by atoms with E-state index in [4.69, 9.17) is 9.47 Å². The van der Waals surface area contributed by atoms with Gasteiger partial charge in [-0.15, -0.1) is 0 Å². The lowest BCUT2D eigenvalue weighted by molar-refractivity contribution is 0.169. The van der Waals surface area contributed by atoms with Crippen molar-refractivity contribution in [2.45, 2.75) is 19.6 Å². The van der Waals surface area contributed by atoms with Crippen molar-refractivity contribution >= 4 is 0 Å². The van der Waals surface area contributed by atoms with E-state index in [1.165, 1.54) is 5.56 Å². The third kappa shape index (κ3) is 3.83. The molecule has 2 aromatic carbocycles. The molecule has 0 unspecified atom stereocenters. The van der Waals surface area contributed by atoms with E-state index in [0.717, 1.165) is 42.3 Å². The van der Waals surface area contributed by atoms with Crippen molar-refractivity contribution in [3.8, 4) is 11.5 Å². The van der Waals surface area contributed by atoms with Gasteiger partial charge in [0.15, 0.2) is 11.5 Å². The second-order valence-corrected chi connectivity index (χ2v) is 6.08. The third-order valence-electron chi connectivity index (χ3n) is 4.17. The zero-order valence-electron chi connectivity index (χ0n) is 14.0. The molecule has 1 aromatic heterocycles. The van der Waals surface area contributed by atoms with Crippen LogP contribution in [0.2, 0.25) is 0 Å². The highest BCUT2D eigenvalue weighted by Gasteiger charge is 2.15. The second-order valence-electron chi connectivity index (χ2n) is 6.08. The molecule has 0 aliphatic carbocycles. The maximum absolute atomic E-state index is 5.75. The van der Waals surface area contributed by atoms with Crippen molar-refractivity contribution in [2.75, 3.05) is 13.2 Å². The van der Waals surface area contributed by atoms with Gasteiger partial charge in [-0.25, -0.2) is 0 Å². The number of hydrogen-bond acceptors (Lipinski definition) is 4. The molecule has 0 radical (unpaired) electrons. The molecule has 1 aliphatic rings. The largest absolute Gasteiger partial charge is 0.486 e. The zero-order chi connectivity index (χ0) is 16.9. The fourth-order valence-electron chi connectivity index (χ4n) is 2.97. The number of nitrogens with one attached hydrogen (secondary N) is 1. The Morgan fingerprint density at radius 1 is 0.920 bits per heavy atom. The topological polar surface area (TPSA) is 48.3 Å². The van der Waals surface area contributed by atoms with Crippen molar-refractivity contribution in [2.24, 2.45) is 0 Å².